The van der Waals surface area contributed by atoms with Gasteiger partial charge in [-0.2, -0.15) is 0 Å². The van der Waals surface area contributed by atoms with Gasteiger partial charge in [0.15, 0.2) is 11.5 Å². The first-order valence-corrected chi connectivity index (χ1v) is 9.80. The van der Waals surface area contributed by atoms with E-state index in [1.807, 2.05) is 24.5 Å². The van der Waals surface area contributed by atoms with E-state index in [9.17, 15) is 0 Å². The molecule has 1 aromatic heterocycles. The normalized spacial score (nSPS) is 13.9. The lowest BCUT2D eigenvalue weighted by Crippen LogP contribution is -2.45. The van der Waals surface area contributed by atoms with Crippen molar-refractivity contribution in [2.24, 2.45) is 0 Å². The van der Waals surface area contributed by atoms with Crippen molar-refractivity contribution in [3.05, 3.63) is 83.7 Å². The second kappa shape index (κ2) is 8.34. The maximum absolute atomic E-state index is 6.02. The molecule has 0 atom stereocenters. The van der Waals surface area contributed by atoms with Crippen molar-refractivity contribution in [1.82, 2.24) is 4.98 Å². The zero-order chi connectivity index (χ0) is 19.3. The van der Waals surface area contributed by atoms with Crippen molar-refractivity contribution in [3.63, 3.8) is 0 Å². The molecule has 0 spiro atoms. The Labute approximate surface area is 166 Å². The van der Waals surface area contributed by atoms with E-state index in [0.717, 1.165) is 36.6 Å². The molecule has 0 amide bonds. The van der Waals surface area contributed by atoms with E-state index in [2.05, 4.69) is 59.3 Å². The lowest BCUT2D eigenvalue weighted by atomic mass is 9.91. The fourth-order valence-corrected chi connectivity index (χ4v) is 3.53. The molecule has 1 aliphatic heterocycles. The van der Waals surface area contributed by atoms with Crippen LogP contribution in [0.5, 0.6) is 11.5 Å². The smallest absolute Gasteiger partial charge is 0.161 e. The quantitative estimate of drug-likeness (QED) is 0.593. The molecule has 0 saturated carbocycles. The monoisotopic (exact) mass is 374 g/mol. The highest BCUT2D eigenvalue weighted by Gasteiger charge is 2.29. The fourth-order valence-electron chi connectivity index (χ4n) is 3.53. The molecule has 4 heteroatoms. The molecule has 1 fully saturated rings. The van der Waals surface area contributed by atoms with Gasteiger partial charge in [0, 0.05) is 25.2 Å². The molecule has 2 aromatic carbocycles. The topological polar surface area (TPSA) is 34.6 Å². The van der Waals surface area contributed by atoms with Crippen LogP contribution in [0.3, 0.4) is 0 Å². The molecule has 4 rings (SSSR count). The average molecular weight is 374 g/mol. The van der Waals surface area contributed by atoms with Crippen LogP contribution in [0, 0.1) is 0 Å². The summed E-state index contributed by atoms with van der Waals surface area (Å²) >= 11 is 0. The number of nitrogens with zero attached hydrogens (tertiary/aromatic N) is 2. The standard InChI is InChI=1S/C24H26N2O2/c1-3-18-6-8-19(9-7-18)17-28-23-11-10-20(13-24(23)27-2)21-15-26(16-21)22-5-4-12-25-14-22/h4-14,21H,3,15-17H2,1-2H3. The van der Waals surface area contributed by atoms with Gasteiger partial charge in [-0.25, -0.2) is 0 Å². The van der Waals surface area contributed by atoms with Crippen molar-refractivity contribution in [2.75, 3.05) is 25.1 Å². The van der Waals surface area contributed by atoms with Gasteiger partial charge in [-0.3, -0.25) is 4.98 Å². The van der Waals surface area contributed by atoms with Crippen LogP contribution in [0.2, 0.25) is 0 Å². The number of rotatable bonds is 7. The lowest BCUT2D eigenvalue weighted by molar-refractivity contribution is 0.284. The zero-order valence-corrected chi connectivity index (χ0v) is 16.5. The minimum atomic E-state index is 0.504. The number of ether oxygens (including phenoxy) is 2. The Bertz CT molecular complexity index is 904. The highest BCUT2D eigenvalue weighted by atomic mass is 16.5. The molecule has 0 bridgehead atoms. The van der Waals surface area contributed by atoms with Crippen LogP contribution in [-0.4, -0.2) is 25.2 Å². The minimum absolute atomic E-state index is 0.504. The largest absolute Gasteiger partial charge is 0.493 e. The Hall–Kier alpha value is -3.01. The molecule has 0 N–H and O–H groups in total. The van der Waals surface area contributed by atoms with Gasteiger partial charge in [0.05, 0.1) is 19.0 Å². The number of benzene rings is 2. The molecule has 28 heavy (non-hydrogen) atoms. The molecule has 1 aliphatic rings. The molecule has 144 valence electrons. The maximum Gasteiger partial charge on any atom is 0.161 e. The van der Waals surface area contributed by atoms with Crippen LogP contribution in [-0.2, 0) is 13.0 Å². The van der Waals surface area contributed by atoms with Gasteiger partial charge in [-0.05, 0) is 47.4 Å². The third-order valence-corrected chi connectivity index (χ3v) is 5.38. The zero-order valence-electron chi connectivity index (χ0n) is 16.5. The number of aromatic nitrogens is 1. The molecule has 0 radical (unpaired) electrons. The number of aryl methyl sites for hydroxylation is 1. The number of hydrogen-bond donors (Lipinski definition) is 0. The molecule has 2 heterocycles. The summed E-state index contributed by atoms with van der Waals surface area (Å²) in [5.74, 6) is 2.08. The molecular weight excluding hydrogens is 348 g/mol. The molecule has 0 unspecified atom stereocenters. The van der Waals surface area contributed by atoms with Crippen molar-refractivity contribution in [2.45, 2.75) is 25.9 Å². The van der Waals surface area contributed by atoms with Gasteiger partial charge in [0.1, 0.15) is 6.61 Å². The number of pyridine rings is 1. The van der Waals surface area contributed by atoms with Gasteiger partial charge in [0.25, 0.3) is 0 Å². The minimum Gasteiger partial charge on any atom is -0.493 e. The SMILES string of the molecule is CCc1ccc(COc2ccc(C3CN(c4cccnc4)C3)cc2OC)cc1. The lowest BCUT2D eigenvalue weighted by Gasteiger charge is -2.41. The Morgan fingerprint density at radius 2 is 1.79 bits per heavy atom. The predicted molar refractivity (Wildman–Crippen MR) is 112 cm³/mol. The summed E-state index contributed by atoms with van der Waals surface area (Å²) in [5.41, 5.74) is 4.97. The van der Waals surface area contributed by atoms with Gasteiger partial charge >= 0.3 is 0 Å². The van der Waals surface area contributed by atoms with Gasteiger partial charge in [0.2, 0.25) is 0 Å². The Kier molecular flexibility index (Phi) is 5.47. The average Bonchev–Trinajstić information content (AvgIpc) is 2.72. The Morgan fingerprint density at radius 1 is 1.00 bits per heavy atom. The highest BCUT2D eigenvalue weighted by molar-refractivity contribution is 5.51. The molecular formula is C24H26N2O2. The van der Waals surface area contributed by atoms with Gasteiger partial charge < -0.3 is 14.4 Å². The van der Waals surface area contributed by atoms with Crippen molar-refractivity contribution in [3.8, 4) is 11.5 Å². The summed E-state index contributed by atoms with van der Waals surface area (Å²) in [6, 6.07) is 18.9. The highest BCUT2D eigenvalue weighted by Crippen LogP contribution is 2.36. The van der Waals surface area contributed by atoms with E-state index >= 15 is 0 Å². The molecule has 4 nitrogen and oxygen atoms in total. The first kappa shape index (κ1) is 18.4. The van der Waals surface area contributed by atoms with Crippen molar-refractivity contribution >= 4 is 5.69 Å². The van der Waals surface area contributed by atoms with E-state index < -0.39 is 0 Å². The summed E-state index contributed by atoms with van der Waals surface area (Å²) in [6.07, 6.45) is 4.78. The molecule has 1 saturated heterocycles. The van der Waals surface area contributed by atoms with E-state index in [4.69, 9.17) is 9.47 Å². The van der Waals surface area contributed by atoms with Crippen LogP contribution in [0.15, 0.2) is 67.0 Å². The molecule has 3 aromatic rings. The van der Waals surface area contributed by atoms with Crippen LogP contribution in [0.4, 0.5) is 5.69 Å². The second-order valence-corrected chi connectivity index (χ2v) is 7.18. The van der Waals surface area contributed by atoms with Crippen LogP contribution in [0.1, 0.15) is 29.5 Å². The maximum atomic E-state index is 6.02. The third kappa shape index (κ3) is 3.96. The van der Waals surface area contributed by atoms with E-state index in [-0.39, 0.29) is 0 Å². The summed E-state index contributed by atoms with van der Waals surface area (Å²) in [5, 5.41) is 0. The van der Waals surface area contributed by atoms with Crippen molar-refractivity contribution < 1.29 is 9.47 Å². The first-order chi connectivity index (χ1) is 13.8. The number of anilines is 1. The number of methoxy groups -OCH3 is 1. The van der Waals surface area contributed by atoms with E-state index in [0.29, 0.717) is 12.5 Å². The van der Waals surface area contributed by atoms with Crippen LogP contribution in [0.25, 0.3) is 0 Å². The van der Waals surface area contributed by atoms with E-state index in [1.54, 1.807) is 7.11 Å². The van der Waals surface area contributed by atoms with Crippen molar-refractivity contribution in [1.29, 1.82) is 0 Å². The Morgan fingerprint density at radius 3 is 2.46 bits per heavy atom. The molecule has 0 aliphatic carbocycles. The third-order valence-electron chi connectivity index (χ3n) is 5.38. The van der Waals surface area contributed by atoms with Crippen LogP contribution >= 0.6 is 0 Å². The summed E-state index contributed by atoms with van der Waals surface area (Å²) < 4.78 is 11.6. The summed E-state index contributed by atoms with van der Waals surface area (Å²) in [7, 11) is 1.70. The summed E-state index contributed by atoms with van der Waals surface area (Å²) in [4.78, 5) is 6.54. The summed E-state index contributed by atoms with van der Waals surface area (Å²) in [6.45, 7) is 4.70. The number of hydrogen-bond acceptors (Lipinski definition) is 4. The van der Waals surface area contributed by atoms with Crippen LogP contribution < -0.4 is 14.4 Å². The van der Waals surface area contributed by atoms with E-state index in [1.165, 1.54) is 16.8 Å². The van der Waals surface area contributed by atoms with Gasteiger partial charge in [-0.1, -0.05) is 37.3 Å². The van der Waals surface area contributed by atoms with Gasteiger partial charge in [-0.15, -0.1) is 0 Å². The predicted octanol–water partition coefficient (Wildman–Crippen LogP) is 4.84. The fraction of sp³-hybridized carbons (Fsp3) is 0.292. The second-order valence-electron chi connectivity index (χ2n) is 7.18. The Balaban J connectivity index is 1.39. The first-order valence-electron chi connectivity index (χ1n) is 9.80.